The van der Waals surface area contributed by atoms with Gasteiger partial charge in [-0.05, 0) is 52.3 Å². The molecule has 0 bridgehead atoms. The lowest BCUT2D eigenvalue weighted by atomic mass is 10.1. The number of hydrogen-bond acceptors (Lipinski definition) is 3. The number of furan rings is 1. The number of aryl methyl sites for hydroxylation is 1. The van der Waals surface area contributed by atoms with Crippen LogP contribution in [0.2, 0.25) is 0 Å². The molecule has 0 amide bonds. The molecule has 1 aromatic heterocycles. The van der Waals surface area contributed by atoms with Gasteiger partial charge < -0.3 is 9.73 Å². The third kappa shape index (κ3) is 4.35. The Morgan fingerprint density at radius 1 is 1.35 bits per heavy atom. The molecule has 0 aromatic carbocycles. The summed E-state index contributed by atoms with van der Waals surface area (Å²) in [5.74, 6) is 2.20. The molecule has 1 aliphatic heterocycles. The van der Waals surface area contributed by atoms with Crippen LogP contribution in [0.5, 0.6) is 0 Å². The first-order valence-electron chi connectivity index (χ1n) is 8.23. The second-order valence-corrected chi connectivity index (χ2v) is 6.14. The van der Waals surface area contributed by atoms with Gasteiger partial charge in [0.1, 0.15) is 11.5 Å². The van der Waals surface area contributed by atoms with Crippen LogP contribution in [0.15, 0.2) is 10.5 Å². The summed E-state index contributed by atoms with van der Waals surface area (Å²) in [6.07, 6.45) is 6.58. The highest BCUT2D eigenvalue weighted by atomic mass is 16.3. The van der Waals surface area contributed by atoms with Gasteiger partial charge in [0.25, 0.3) is 0 Å². The lowest BCUT2D eigenvalue weighted by Crippen LogP contribution is -2.31. The number of hydrogen-bond donors (Lipinski definition) is 1. The zero-order valence-electron chi connectivity index (χ0n) is 13.4. The molecular formula is C17H30N2O. The van der Waals surface area contributed by atoms with E-state index in [1.165, 1.54) is 44.2 Å². The standard InChI is InChI=1S/C17H30N2O/c1-4-9-18-12-16-11-17(20-15(16)3)13-19-10-7-5-6-8-14(19)2/h11,14,18H,4-10,12-13H2,1-3H3. The highest BCUT2D eigenvalue weighted by molar-refractivity contribution is 5.20. The summed E-state index contributed by atoms with van der Waals surface area (Å²) in [5, 5.41) is 3.45. The van der Waals surface area contributed by atoms with Crippen LogP contribution in [0.1, 0.15) is 63.0 Å². The molecule has 1 saturated heterocycles. The van der Waals surface area contributed by atoms with E-state index < -0.39 is 0 Å². The second kappa shape index (κ2) is 7.84. The maximum Gasteiger partial charge on any atom is 0.118 e. The maximum atomic E-state index is 5.96. The van der Waals surface area contributed by atoms with Gasteiger partial charge in [0.05, 0.1) is 6.54 Å². The Morgan fingerprint density at radius 3 is 3.00 bits per heavy atom. The molecular weight excluding hydrogens is 248 g/mol. The van der Waals surface area contributed by atoms with Crippen molar-refractivity contribution in [3.05, 3.63) is 23.2 Å². The van der Waals surface area contributed by atoms with Crippen molar-refractivity contribution in [2.45, 2.75) is 72.0 Å². The van der Waals surface area contributed by atoms with E-state index in [0.29, 0.717) is 6.04 Å². The number of likely N-dealkylation sites (tertiary alicyclic amines) is 1. The molecule has 20 heavy (non-hydrogen) atoms. The molecule has 2 heterocycles. The molecule has 1 N–H and O–H groups in total. The van der Waals surface area contributed by atoms with Crippen molar-refractivity contribution in [2.24, 2.45) is 0 Å². The van der Waals surface area contributed by atoms with Crippen molar-refractivity contribution in [1.29, 1.82) is 0 Å². The zero-order chi connectivity index (χ0) is 14.4. The van der Waals surface area contributed by atoms with Crippen LogP contribution in [-0.2, 0) is 13.1 Å². The van der Waals surface area contributed by atoms with E-state index in [1.807, 2.05) is 0 Å². The summed E-state index contributed by atoms with van der Waals surface area (Å²) < 4.78 is 5.96. The van der Waals surface area contributed by atoms with Crippen molar-refractivity contribution in [1.82, 2.24) is 10.2 Å². The van der Waals surface area contributed by atoms with Gasteiger partial charge in [0, 0.05) is 18.2 Å². The minimum atomic E-state index is 0.685. The lowest BCUT2D eigenvalue weighted by molar-refractivity contribution is 0.188. The summed E-state index contributed by atoms with van der Waals surface area (Å²) in [6.45, 7) is 10.8. The molecule has 3 heteroatoms. The van der Waals surface area contributed by atoms with E-state index in [0.717, 1.165) is 31.2 Å². The summed E-state index contributed by atoms with van der Waals surface area (Å²) >= 11 is 0. The molecule has 0 aliphatic carbocycles. The molecule has 1 atom stereocenters. The van der Waals surface area contributed by atoms with E-state index in [9.17, 15) is 0 Å². The number of rotatable bonds is 6. The smallest absolute Gasteiger partial charge is 0.118 e. The predicted octanol–water partition coefficient (Wildman–Crippen LogP) is 3.85. The second-order valence-electron chi connectivity index (χ2n) is 6.14. The summed E-state index contributed by atoms with van der Waals surface area (Å²) in [7, 11) is 0. The van der Waals surface area contributed by atoms with Crippen LogP contribution in [0.4, 0.5) is 0 Å². The zero-order valence-corrected chi connectivity index (χ0v) is 13.4. The summed E-state index contributed by atoms with van der Waals surface area (Å²) in [5.41, 5.74) is 1.32. The molecule has 1 aromatic rings. The van der Waals surface area contributed by atoms with E-state index in [2.05, 4.69) is 37.1 Å². The summed E-state index contributed by atoms with van der Waals surface area (Å²) in [4.78, 5) is 2.58. The lowest BCUT2D eigenvalue weighted by Gasteiger charge is -2.25. The Bertz CT molecular complexity index is 400. The average Bonchev–Trinajstić information content (AvgIpc) is 2.64. The van der Waals surface area contributed by atoms with Crippen molar-refractivity contribution >= 4 is 0 Å². The minimum Gasteiger partial charge on any atom is -0.465 e. The molecule has 0 spiro atoms. The van der Waals surface area contributed by atoms with Crippen molar-refractivity contribution < 1.29 is 4.42 Å². The molecule has 1 fully saturated rings. The van der Waals surface area contributed by atoms with Crippen LogP contribution < -0.4 is 5.32 Å². The van der Waals surface area contributed by atoms with E-state index in [1.54, 1.807) is 0 Å². The monoisotopic (exact) mass is 278 g/mol. The van der Waals surface area contributed by atoms with E-state index in [4.69, 9.17) is 4.42 Å². The molecule has 3 nitrogen and oxygen atoms in total. The van der Waals surface area contributed by atoms with E-state index in [-0.39, 0.29) is 0 Å². The SMILES string of the molecule is CCCNCc1cc(CN2CCCCCC2C)oc1C. The van der Waals surface area contributed by atoms with Gasteiger partial charge in [-0.1, -0.05) is 19.8 Å². The van der Waals surface area contributed by atoms with Crippen LogP contribution in [0, 0.1) is 6.92 Å². The Labute approximate surface area is 123 Å². The minimum absolute atomic E-state index is 0.685. The van der Waals surface area contributed by atoms with Gasteiger partial charge in [-0.25, -0.2) is 0 Å². The van der Waals surface area contributed by atoms with Crippen molar-refractivity contribution in [3.8, 4) is 0 Å². The molecule has 0 saturated carbocycles. The Kier molecular flexibility index (Phi) is 6.11. The van der Waals surface area contributed by atoms with Crippen LogP contribution in [0.3, 0.4) is 0 Å². The molecule has 1 aliphatic rings. The topological polar surface area (TPSA) is 28.4 Å². The van der Waals surface area contributed by atoms with Crippen LogP contribution in [-0.4, -0.2) is 24.0 Å². The van der Waals surface area contributed by atoms with Gasteiger partial charge >= 0.3 is 0 Å². The third-order valence-electron chi connectivity index (χ3n) is 4.36. The van der Waals surface area contributed by atoms with Crippen LogP contribution in [0.25, 0.3) is 0 Å². The number of nitrogens with zero attached hydrogens (tertiary/aromatic N) is 1. The fourth-order valence-corrected chi connectivity index (χ4v) is 3.01. The van der Waals surface area contributed by atoms with Gasteiger partial charge in [0.2, 0.25) is 0 Å². The largest absolute Gasteiger partial charge is 0.465 e. The average molecular weight is 278 g/mol. The first-order chi connectivity index (χ1) is 9.70. The summed E-state index contributed by atoms with van der Waals surface area (Å²) in [6, 6.07) is 2.93. The maximum absolute atomic E-state index is 5.96. The van der Waals surface area contributed by atoms with E-state index >= 15 is 0 Å². The normalized spacial score (nSPS) is 21.1. The van der Waals surface area contributed by atoms with Crippen LogP contribution >= 0.6 is 0 Å². The quantitative estimate of drug-likeness (QED) is 0.801. The Hall–Kier alpha value is -0.800. The molecule has 2 rings (SSSR count). The Balaban J connectivity index is 1.93. The van der Waals surface area contributed by atoms with Gasteiger partial charge in [-0.15, -0.1) is 0 Å². The first kappa shape index (κ1) is 15.6. The fourth-order valence-electron chi connectivity index (χ4n) is 3.01. The number of nitrogens with one attached hydrogen (secondary N) is 1. The highest BCUT2D eigenvalue weighted by Crippen LogP contribution is 2.21. The fraction of sp³-hybridized carbons (Fsp3) is 0.765. The van der Waals surface area contributed by atoms with Gasteiger partial charge in [-0.2, -0.15) is 0 Å². The highest BCUT2D eigenvalue weighted by Gasteiger charge is 2.19. The molecule has 0 radical (unpaired) electrons. The van der Waals surface area contributed by atoms with Gasteiger partial charge in [-0.3, -0.25) is 4.90 Å². The predicted molar refractivity (Wildman–Crippen MR) is 83.8 cm³/mol. The van der Waals surface area contributed by atoms with Crippen molar-refractivity contribution in [3.63, 3.8) is 0 Å². The molecule has 1 unspecified atom stereocenters. The van der Waals surface area contributed by atoms with Gasteiger partial charge in [0.15, 0.2) is 0 Å². The van der Waals surface area contributed by atoms with Crippen molar-refractivity contribution in [2.75, 3.05) is 13.1 Å². The third-order valence-corrected chi connectivity index (χ3v) is 4.36. The first-order valence-corrected chi connectivity index (χ1v) is 8.23. The molecule has 114 valence electrons. The Morgan fingerprint density at radius 2 is 2.20 bits per heavy atom.